The number of ether oxygens (including phenoxy) is 2. The molecule has 0 spiro atoms. The average Bonchev–Trinajstić information content (AvgIpc) is 2.85. The number of carbonyl (C=O) groups excluding carboxylic acids is 1. The molecule has 3 aromatic carbocycles. The number of hydrogen-bond acceptors (Lipinski definition) is 3. The van der Waals surface area contributed by atoms with Crippen molar-refractivity contribution in [3.63, 3.8) is 0 Å². The Morgan fingerprint density at radius 3 is 2.03 bits per heavy atom. The average molecular weight is 446 g/mol. The summed E-state index contributed by atoms with van der Waals surface area (Å²) in [6.07, 6.45) is 3.00. The standard InChI is InChI=1S/C29H35NO3/c1-3-19-30(20-4-2)28(31)22-26-16-11-17-27(33-23-25-14-9-6-10-15-25)29(26)32-21-18-24-12-7-5-8-13-24/h5-17H,3-4,18-23H2,1-2H3. The van der Waals surface area contributed by atoms with Crippen LogP contribution in [-0.4, -0.2) is 30.5 Å². The molecule has 0 radical (unpaired) electrons. The second kappa shape index (κ2) is 13.3. The Morgan fingerprint density at radius 1 is 0.758 bits per heavy atom. The lowest BCUT2D eigenvalue weighted by molar-refractivity contribution is -0.130. The summed E-state index contributed by atoms with van der Waals surface area (Å²) in [5, 5.41) is 0. The van der Waals surface area contributed by atoms with E-state index in [1.807, 2.05) is 71.6 Å². The predicted molar refractivity (Wildman–Crippen MR) is 134 cm³/mol. The van der Waals surface area contributed by atoms with Gasteiger partial charge in [0.05, 0.1) is 13.0 Å². The lowest BCUT2D eigenvalue weighted by atomic mass is 10.1. The van der Waals surface area contributed by atoms with Crippen LogP contribution in [0.15, 0.2) is 78.9 Å². The Balaban J connectivity index is 1.78. The number of rotatable bonds is 13. The molecule has 0 fully saturated rings. The molecule has 0 heterocycles. The molecule has 0 aliphatic carbocycles. The van der Waals surface area contributed by atoms with Gasteiger partial charge in [-0.05, 0) is 30.0 Å². The summed E-state index contributed by atoms with van der Waals surface area (Å²) in [7, 11) is 0. The van der Waals surface area contributed by atoms with E-state index in [-0.39, 0.29) is 5.91 Å². The van der Waals surface area contributed by atoms with Crippen molar-refractivity contribution in [2.45, 2.75) is 46.1 Å². The second-order valence-corrected chi connectivity index (χ2v) is 8.16. The maximum atomic E-state index is 13.1. The molecule has 1 amide bonds. The Kier molecular flexibility index (Phi) is 9.84. The van der Waals surface area contributed by atoms with Crippen molar-refractivity contribution in [3.8, 4) is 11.5 Å². The van der Waals surface area contributed by atoms with Gasteiger partial charge >= 0.3 is 0 Å². The van der Waals surface area contributed by atoms with Crippen LogP contribution in [0.3, 0.4) is 0 Å². The fraction of sp³-hybridized carbons (Fsp3) is 0.345. The van der Waals surface area contributed by atoms with Gasteiger partial charge in [-0.3, -0.25) is 4.79 Å². The van der Waals surface area contributed by atoms with E-state index in [1.165, 1.54) is 5.56 Å². The molecule has 0 N–H and O–H groups in total. The molecule has 174 valence electrons. The van der Waals surface area contributed by atoms with E-state index in [2.05, 4.69) is 26.0 Å². The first-order chi connectivity index (χ1) is 16.2. The third kappa shape index (κ3) is 7.67. The normalized spacial score (nSPS) is 10.6. The van der Waals surface area contributed by atoms with Gasteiger partial charge in [0.1, 0.15) is 6.61 Å². The summed E-state index contributed by atoms with van der Waals surface area (Å²) in [6, 6.07) is 26.2. The molecule has 3 aromatic rings. The van der Waals surface area contributed by atoms with Crippen LogP contribution < -0.4 is 9.47 Å². The van der Waals surface area contributed by atoms with Crippen molar-refractivity contribution in [3.05, 3.63) is 95.6 Å². The highest BCUT2D eigenvalue weighted by Gasteiger charge is 2.18. The number of hydrogen-bond donors (Lipinski definition) is 0. The Morgan fingerprint density at radius 2 is 1.39 bits per heavy atom. The fourth-order valence-electron chi connectivity index (χ4n) is 3.80. The van der Waals surface area contributed by atoms with E-state index in [9.17, 15) is 4.79 Å². The molecule has 0 saturated carbocycles. The summed E-state index contributed by atoms with van der Waals surface area (Å²) < 4.78 is 12.4. The summed E-state index contributed by atoms with van der Waals surface area (Å²) in [6.45, 7) is 6.73. The van der Waals surface area contributed by atoms with E-state index in [4.69, 9.17) is 9.47 Å². The van der Waals surface area contributed by atoms with E-state index < -0.39 is 0 Å². The molecular formula is C29H35NO3. The van der Waals surface area contributed by atoms with Crippen molar-refractivity contribution >= 4 is 5.91 Å². The van der Waals surface area contributed by atoms with Crippen LogP contribution in [0.25, 0.3) is 0 Å². The van der Waals surface area contributed by atoms with Crippen molar-refractivity contribution in [1.29, 1.82) is 0 Å². The van der Waals surface area contributed by atoms with Crippen molar-refractivity contribution < 1.29 is 14.3 Å². The molecule has 0 bridgehead atoms. The zero-order valence-electron chi connectivity index (χ0n) is 19.8. The minimum Gasteiger partial charge on any atom is -0.489 e. The van der Waals surface area contributed by atoms with Crippen LogP contribution in [-0.2, 0) is 24.2 Å². The van der Waals surface area contributed by atoms with Gasteiger partial charge in [0.2, 0.25) is 5.91 Å². The molecule has 4 nitrogen and oxygen atoms in total. The van der Waals surface area contributed by atoms with E-state index in [1.54, 1.807) is 0 Å². The number of amides is 1. The van der Waals surface area contributed by atoms with Crippen molar-refractivity contribution in [2.24, 2.45) is 0 Å². The summed E-state index contributed by atoms with van der Waals surface area (Å²) in [5.74, 6) is 1.48. The smallest absolute Gasteiger partial charge is 0.227 e. The molecule has 0 atom stereocenters. The lowest BCUT2D eigenvalue weighted by Crippen LogP contribution is -2.33. The van der Waals surface area contributed by atoms with Crippen LogP contribution in [0.2, 0.25) is 0 Å². The highest BCUT2D eigenvalue weighted by Crippen LogP contribution is 2.33. The van der Waals surface area contributed by atoms with Gasteiger partial charge in [-0.1, -0.05) is 86.6 Å². The Hall–Kier alpha value is -3.27. The Bertz CT molecular complexity index is 967. The highest BCUT2D eigenvalue weighted by molar-refractivity contribution is 5.80. The van der Waals surface area contributed by atoms with Crippen molar-refractivity contribution in [2.75, 3.05) is 19.7 Å². The third-order valence-electron chi connectivity index (χ3n) is 5.46. The van der Waals surface area contributed by atoms with Gasteiger partial charge in [-0.15, -0.1) is 0 Å². The fourth-order valence-corrected chi connectivity index (χ4v) is 3.80. The molecule has 0 unspecified atom stereocenters. The largest absolute Gasteiger partial charge is 0.489 e. The van der Waals surface area contributed by atoms with Crippen LogP contribution >= 0.6 is 0 Å². The monoisotopic (exact) mass is 445 g/mol. The van der Waals surface area contributed by atoms with Crippen LogP contribution in [0.1, 0.15) is 43.4 Å². The summed E-state index contributed by atoms with van der Waals surface area (Å²) in [5.41, 5.74) is 3.18. The molecule has 4 heteroatoms. The molecule has 0 aliphatic rings. The molecule has 0 aliphatic heterocycles. The predicted octanol–water partition coefficient (Wildman–Crippen LogP) is 6.08. The zero-order chi connectivity index (χ0) is 23.3. The zero-order valence-corrected chi connectivity index (χ0v) is 19.8. The number of carbonyl (C=O) groups is 1. The minimum absolute atomic E-state index is 0.131. The van der Waals surface area contributed by atoms with Gasteiger partial charge in [0.15, 0.2) is 11.5 Å². The first-order valence-electron chi connectivity index (χ1n) is 11.9. The van der Waals surface area contributed by atoms with Gasteiger partial charge in [-0.25, -0.2) is 0 Å². The first kappa shape index (κ1) is 24.4. The van der Waals surface area contributed by atoms with Crippen molar-refractivity contribution in [1.82, 2.24) is 4.90 Å². The van der Waals surface area contributed by atoms with Gasteiger partial charge in [0.25, 0.3) is 0 Å². The van der Waals surface area contributed by atoms with Gasteiger partial charge in [-0.2, -0.15) is 0 Å². The van der Waals surface area contributed by atoms with E-state index in [0.29, 0.717) is 31.1 Å². The number of para-hydroxylation sites is 1. The number of benzene rings is 3. The number of nitrogens with zero attached hydrogens (tertiary/aromatic N) is 1. The van der Waals surface area contributed by atoms with Gasteiger partial charge in [0, 0.05) is 25.1 Å². The van der Waals surface area contributed by atoms with Gasteiger partial charge < -0.3 is 14.4 Å². The summed E-state index contributed by atoms with van der Waals surface area (Å²) >= 11 is 0. The quantitative estimate of drug-likeness (QED) is 0.320. The van der Waals surface area contributed by atoms with Crippen LogP contribution in [0.5, 0.6) is 11.5 Å². The lowest BCUT2D eigenvalue weighted by Gasteiger charge is -2.23. The Labute approximate surface area is 198 Å². The first-order valence-corrected chi connectivity index (χ1v) is 11.9. The molecular weight excluding hydrogens is 410 g/mol. The topological polar surface area (TPSA) is 38.8 Å². The molecule has 33 heavy (non-hydrogen) atoms. The second-order valence-electron chi connectivity index (χ2n) is 8.16. The molecule has 0 saturated heterocycles. The molecule has 3 rings (SSSR count). The highest BCUT2D eigenvalue weighted by atomic mass is 16.5. The minimum atomic E-state index is 0.131. The maximum Gasteiger partial charge on any atom is 0.227 e. The van der Waals surface area contributed by atoms with E-state index >= 15 is 0 Å². The summed E-state index contributed by atoms with van der Waals surface area (Å²) in [4.78, 5) is 15.0. The third-order valence-corrected chi connectivity index (χ3v) is 5.46. The van der Waals surface area contributed by atoms with Crippen LogP contribution in [0.4, 0.5) is 0 Å². The van der Waals surface area contributed by atoms with E-state index in [0.717, 1.165) is 43.5 Å². The molecule has 0 aromatic heterocycles. The maximum absolute atomic E-state index is 13.1. The van der Waals surface area contributed by atoms with Crippen LogP contribution in [0, 0.1) is 0 Å². The SMILES string of the molecule is CCCN(CCC)C(=O)Cc1cccc(OCc2ccccc2)c1OCCc1ccccc1.